The third-order valence-corrected chi connectivity index (χ3v) is 5.24. The van der Waals surface area contributed by atoms with Crippen molar-refractivity contribution in [1.82, 2.24) is 4.98 Å². The van der Waals surface area contributed by atoms with Gasteiger partial charge in [0.25, 0.3) is 0 Å². The average Bonchev–Trinajstić information content (AvgIpc) is 2.81. The molecule has 3 nitrogen and oxygen atoms in total. The van der Waals surface area contributed by atoms with Gasteiger partial charge in [-0.1, -0.05) is 6.07 Å². The van der Waals surface area contributed by atoms with Crippen LogP contribution in [0.25, 0.3) is 10.2 Å². The monoisotopic (exact) mass is 310 g/mol. The van der Waals surface area contributed by atoms with Gasteiger partial charge in [0.15, 0.2) is 0 Å². The van der Waals surface area contributed by atoms with E-state index < -0.39 is 0 Å². The normalized spacial score (nSPS) is 11.1. The van der Waals surface area contributed by atoms with Crippen molar-refractivity contribution >= 4 is 33.0 Å². The molecule has 3 aromatic rings. The highest BCUT2D eigenvalue weighted by Gasteiger charge is 2.21. The summed E-state index contributed by atoms with van der Waals surface area (Å²) in [6.45, 7) is 8.03. The fourth-order valence-corrected chi connectivity index (χ4v) is 3.79. The van der Waals surface area contributed by atoms with Crippen molar-refractivity contribution in [1.29, 1.82) is 0 Å². The number of rotatable bonds is 2. The smallest absolute Gasteiger partial charge is 0.205 e. The van der Waals surface area contributed by atoms with Crippen molar-refractivity contribution < 1.29 is 4.79 Å². The number of carbonyl (C=O) groups is 1. The summed E-state index contributed by atoms with van der Waals surface area (Å²) in [5.74, 6) is -0.0134. The highest BCUT2D eigenvalue weighted by molar-refractivity contribution is 7.21. The number of pyridine rings is 1. The number of benzene rings is 1. The van der Waals surface area contributed by atoms with E-state index in [0.29, 0.717) is 10.6 Å². The first kappa shape index (κ1) is 14.7. The van der Waals surface area contributed by atoms with Crippen LogP contribution in [0, 0.1) is 27.7 Å². The highest BCUT2D eigenvalue weighted by Crippen LogP contribution is 2.36. The molecule has 0 bridgehead atoms. The van der Waals surface area contributed by atoms with E-state index in [1.165, 1.54) is 16.9 Å². The van der Waals surface area contributed by atoms with Gasteiger partial charge < -0.3 is 5.73 Å². The second kappa shape index (κ2) is 5.21. The van der Waals surface area contributed by atoms with E-state index in [9.17, 15) is 4.79 Å². The van der Waals surface area contributed by atoms with Gasteiger partial charge in [0, 0.05) is 17.1 Å². The Kier molecular flexibility index (Phi) is 3.49. The van der Waals surface area contributed by atoms with Crippen molar-refractivity contribution in [3.63, 3.8) is 0 Å². The minimum Gasteiger partial charge on any atom is -0.397 e. The van der Waals surface area contributed by atoms with Gasteiger partial charge in [-0.2, -0.15) is 0 Å². The molecule has 0 unspecified atom stereocenters. The molecule has 2 N–H and O–H groups in total. The summed E-state index contributed by atoms with van der Waals surface area (Å²) < 4.78 is 0. The van der Waals surface area contributed by atoms with E-state index in [2.05, 4.69) is 18.0 Å². The highest BCUT2D eigenvalue weighted by atomic mass is 32.1. The van der Waals surface area contributed by atoms with Gasteiger partial charge in [0.1, 0.15) is 9.71 Å². The Morgan fingerprint density at radius 1 is 1.05 bits per heavy atom. The van der Waals surface area contributed by atoms with Gasteiger partial charge >= 0.3 is 0 Å². The lowest BCUT2D eigenvalue weighted by Crippen LogP contribution is -2.05. The molecule has 0 saturated carbocycles. The Hall–Kier alpha value is -2.20. The average molecular weight is 310 g/mol. The van der Waals surface area contributed by atoms with Gasteiger partial charge in [-0.15, -0.1) is 11.3 Å². The summed E-state index contributed by atoms with van der Waals surface area (Å²) in [5.41, 5.74) is 11.9. The largest absolute Gasteiger partial charge is 0.397 e. The van der Waals surface area contributed by atoms with E-state index in [1.807, 2.05) is 32.9 Å². The quantitative estimate of drug-likeness (QED) is 0.716. The minimum absolute atomic E-state index is 0.0134. The Morgan fingerprint density at radius 2 is 1.73 bits per heavy atom. The summed E-state index contributed by atoms with van der Waals surface area (Å²) >= 11 is 1.37. The first-order chi connectivity index (χ1) is 10.4. The topological polar surface area (TPSA) is 56.0 Å². The Balaban J connectivity index is 2.20. The summed E-state index contributed by atoms with van der Waals surface area (Å²) in [4.78, 5) is 18.7. The standard InChI is InChI=1S/C18H18N2OS/c1-9-5-6-20-18-14(9)15(19)17(22-18)16(21)13-8-11(3)10(2)7-12(13)4/h5-8H,19H2,1-4H3. The van der Waals surface area contributed by atoms with E-state index in [4.69, 9.17) is 5.73 Å². The van der Waals surface area contributed by atoms with E-state index in [1.54, 1.807) is 6.20 Å². The van der Waals surface area contributed by atoms with Crippen LogP contribution in [0.15, 0.2) is 24.4 Å². The number of nitrogens with two attached hydrogens (primary N) is 1. The lowest BCUT2D eigenvalue weighted by molar-refractivity contribution is 0.104. The van der Waals surface area contributed by atoms with Gasteiger partial charge in [-0.3, -0.25) is 4.79 Å². The fourth-order valence-electron chi connectivity index (χ4n) is 2.70. The number of fused-ring (bicyclic) bond motifs is 1. The van der Waals surface area contributed by atoms with Crippen molar-refractivity contribution in [2.45, 2.75) is 27.7 Å². The van der Waals surface area contributed by atoms with Crippen LogP contribution in [0.4, 0.5) is 5.69 Å². The van der Waals surface area contributed by atoms with Crippen molar-refractivity contribution in [3.8, 4) is 0 Å². The number of ketones is 1. The first-order valence-corrected chi connectivity index (χ1v) is 7.98. The predicted octanol–water partition coefficient (Wildman–Crippen LogP) is 4.34. The Morgan fingerprint density at radius 3 is 2.41 bits per heavy atom. The van der Waals surface area contributed by atoms with Gasteiger partial charge in [-0.05, 0) is 62.1 Å². The molecule has 0 aliphatic heterocycles. The predicted molar refractivity (Wildman–Crippen MR) is 92.9 cm³/mol. The van der Waals surface area contributed by atoms with Crippen LogP contribution in [0.3, 0.4) is 0 Å². The van der Waals surface area contributed by atoms with Crippen LogP contribution < -0.4 is 5.73 Å². The van der Waals surface area contributed by atoms with Crippen LogP contribution in [-0.2, 0) is 0 Å². The molecule has 0 aliphatic carbocycles. The van der Waals surface area contributed by atoms with E-state index >= 15 is 0 Å². The third-order valence-electron chi connectivity index (χ3n) is 4.13. The number of aromatic nitrogens is 1. The lowest BCUT2D eigenvalue weighted by Gasteiger charge is -2.08. The van der Waals surface area contributed by atoms with Crippen molar-refractivity contribution in [2.75, 3.05) is 5.73 Å². The van der Waals surface area contributed by atoms with Crippen LogP contribution in [-0.4, -0.2) is 10.8 Å². The molecule has 0 spiro atoms. The molecule has 2 aromatic heterocycles. The van der Waals surface area contributed by atoms with Crippen LogP contribution in [0.2, 0.25) is 0 Å². The molecule has 0 radical (unpaired) electrons. The maximum atomic E-state index is 12.9. The molecule has 0 atom stereocenters. The molecule has 0 amide bonds. The zero-order valence-corrected chi connectivity index (χ0v) is 14.0. The fraction of sp³-hybridized carbons (Fsp3) is 0.222. The molecule has 0 aliphatic rings. The SMILES string of the molecule is Cc1cc(C)c(C(=O)c2sc3nccc(C)c3c2N)cc1C. The van der Waals surface area contributed by atoms with Crippen LogP contribution in [0.1, 0.15) is 37.5 Å². The van der Waals surface area contributed by atoms with Gasteiger partial charge in [0.05, 0.1) is 5.69 Å². The second-order valence-electron chi connectivity index (χ2n) is 5.73. The molecule has 112 valence electrons. The third kappa shape index (κ3) is 2.20. The molecule has 1 aromatic carbocycles. The molecule has 4 heteroatoms. The van der Waals surface area contributed by atoms with Gasteiger partial charge in [0.2, 0.25) is 5.78 Å². The molecular weight excluding hydrogens is 292 g/mol. The number of carbonyl (C=O) groups excluding carboxylic acids is 1. The summed E-state index contributed by atoms with van der Waals surface area (Å²) in [7, 11) is 0. The number of aryl methyl sites for hydroxylation is 4. The van der Waals surface area contributed by atoms with E-state index in [-0.39, 0.29) is 5.78 Å². The molecule has 2 heterocycles. The number of hydrogen-bond donors (Lipinski definition) is 1. The number of nitrogen functional groups attached to an aromatic ring is 1. The zero-order valence-electron chi connectivity index (χ0n) is 13.2. The lowest BCUT2D eigenvalue weighted by atomic mass is 9.97. The Bertz CT molecular complexity index is 909. The zero-order chi connectivity index (χ0) is 16.0. The molecular formula is C18H18N2OS. The maximum Gasteiger partial charge on any atom is 0.205 e. The number of thiophene rings is 1. The maximum absolute atomic E-state index is 12.9. The second-order valence-corrected chi connectivity index (χ2v) is 6.73. The summed E-state index contributed by atoms with van der Waals surface area (Å²) in [5, 5.41) is 0.900. The van der Waals surface area contributed by atoms with Crippen LogP contribution in [0.5, 0.6) is 0 Å². The van der Waals surface area contributed by atoms with Crippen molar-refractivity contribution in [3.05, 3.63) is 57.1 Å². The first-order valence-electron chi connectivity index (χ1n) is 7.16. The van der Waals surface area contributed by atoms with Crippen LogP contribution >= 0.6 is 11.3 Å². The summed E-state index contributed by atoms with van der Waals surface area (Å²) in [6, 6.07) is 5.92. The Labute approximate surface area is 133 Å². The van der Waals surface area contributed by atoms with E-state index in [0.717, 1.165) is 32.5 Å². The molecule has 0 fully saturated rings. The number of anilines is 1. The number of hydrogen-bond acceptors (Lipinski definition) is 4. The minimum atomic E-state index is -0.0134. The number of nitrogens with zero attached hydrogens (tertiary/aromatic N) is 1. The van der Waals surface area contributed by atoms with Gasteiger partial charge in [-0.25, -0.2) is 4.98 Å². The summed E-state index contributed by atoms with van der Waals surface area (Å²) in [6.07, 6.45) is 1.75. The molecule has 0 saturated heterocycles. The molecule has 22 heavy (non-hydrogen) atoms. The molecule has 3 rings (SSSR count). The van der Waals surface area contributed by atoms with Crippen molar-refractivity contribution in [2.24, 2.45) is 0 Å².